The van der Waals surface area contributed by atoms with E-state index in [0.29, 0.717) is 23.9 Å². The fourth-order valence-electron chi connectivity index (χ4n) is 8.91. The maximum atomic E-state index is 12.8. The highest BCUT2D eigenvalue weighted by molar-refractivity contribution is 5.77. The molecule has 9 atom stereocenters. The van der Waals surface area contributed by atoms with Crippen molar-refractivity contribution in [1.82, 2.24) is 0 Å². The summed E-state index contributed by atoms with van der Waals surface area (Å²) >= 11 is 0. The highest BCUT2D eigenvalue weighted by Crippen LogP contribution is 2.78. The van der Waals surface area contributed by atoms with Gasteiger partial charge in [-0.15, -0.1) is 0 Å². The molecular formula is C23H34O5. The molecule has 2 bridgehead atoms. The van der Waals surface area contributed by atoms with Crippen LogP contribution in [-0.4, -0.2) is 36.9 Å². The van der Waals surface area contributed by atoms with E-state index in [1.165, 1.54) is 14.0 Å². The van der Waals surface area contributed by atoms with Crippen LogP contribution < -0.4 is 0 Å². The first-order valence-electron chi connectivity index (χ1n) is 11.1. The summed E-state index contributed by atoms with van der Waals surface area (Å²) < 4.78 is 17.5. The first-order valence-corrected chi connectivity index (χ1v) is 11.1. The lowest BCUT2D eigenvalue weighted by Gasteiger charge is -2.64. The minimum absolute atomic E-state index is 0.0523. The number of esters is 2. The van der Waals surface area contributed by atoms with Gasteiger partial charge < -0.3 is 14.2 Å². The fraction of sp³-hybridized carbons (Fsp3) is 0.913. The van der Waals surface area contributed by atoms with Crippen molar-refractivity contribution >= 4 is 11.9 Å². The molecule has 5 heteroatoms. The third-order valence-electron chi connectivity index (χ3n) is 9.94. The summed E-state index contributed by atoms with van der Waals surface area (Å²) in [4.78, 5) is 24.7. The van der Waals surface area contributed by atoms with Gasteiger partial charge in [0.15, 0.2) is 0 Å². The molecule has 28 heavy (non-hydrogen) atoms. The summed E-state index contributed by atoms with van der Waals surface area (Å²) in [5, 5.41) is 0. The molecule has 5 fully saturated rings. The fourth-order valence-corrected chi connectivity index (χ4v) is 8.91. The molecule has 1 heterocycles. The van der Waals surface area contributed by atoms with Crippen LogP contribution >= 0.6 is 0 Å². The van der Waals surface area contributed by atoms with Gasteiger partial charge in [-0.3, -0.25) is 9.59 Å². The molecule has 5 rings (SSSR count). The van der Waals surface area contributed by atoms with Gasteiger partial charge in [-0.25, -0.2) is 0 Å². The maximum absolute atomic E-state index is 12.8. The van der Waals surface area contributed by atoms with Crippen LogP contribution in [0.3, 0.4) is 0 Å². The average molecular weight is 391 g/mol. The van der Waals surface area contributed by atoms with E-state index < -0.39 is 5.41 Å². The largest absolute Gasteiger partial charge is 0.469 e. The molecule has 1 spiro atoms. The predicted octanol–water partition coefficient (Wildman–Crippen LogP) is 3.88. The molecule has 0 radical (unpaired) electrons. The molecule has 1 saturated heterocycles. The minimum atomic E-state index is -0.413. The number of methoxy groups -OCH3 is 1. The first kappa shape index (κ1) is 18.9. The maximum Gasteiger partial charge on any atom is 0.311 e. The van der Waals surface area contributed by atoms with Crippen molar-refractivity contribution in [2.75, 3.05) is 7.11 Å². The topological polar surface area (TPSA) is 65.1 Å². The van der Waals surface area contributed by atoms with Crippen molar-refractivity contribution in [3.63, 3.8) is 0 Å². The monoisotopic (exact) mass is 390 g/mol. The Morgan fingerprint density at radius 1 is 1.07 bits per heavy atom. The molecule has 0 N–H and O–H groups in total. The van der Waals surface area contributed by atoms with Crippen molar-refractivity contribution in [3.8, 4) is 0 Å². The van der Waals surface area contributed by atoms with Gasteiger partial charge in [0.1, 0.15) is 6.10 Å². The molecule has 156 valence electrons. The number of carbonyl (C=O) groups excluding carboxylic acids is 2. The summed E-state index contributed by atoms with van der Waals surface area (Å²) in [6.45, 7) is 8.28. The van der Waals surface area contributed by atoms with E-state index >= 15 is 0 Å². The number of epoxide rings is 1. The zero-order valence-electron chi connectivity index (χ0n) is 17.9. The van der Waals surface area contributed by atoms with Crippen LogP contribution in [0.2, 0.25) is 0 Å². The van der Waals surface area contributed by atoms with Crippen LogP contribution in [-0.2, 0) is 23.8 Å². The van der Waals surface area contributed by atoms with Gasteiger partial charge in [-0.05, 0) is 69.6 Å². The summed E-state index contributed by atoms with van der Waals surface area (Å²) in [6.07, 6.45) is 7.54. The van der Waals surface area contributed by atoms with Crippen molar-refractivity contribution in [2.24, 2.45) is 34.0 Å². The Morgan fingerprint density at radius 2 is 1.82 bits per heavy atom. The molecule has 0 aromatic heterocycles. The third-order valence-corrected chi connectivity index (χ3v) is 9.94. The van der Waals surface area contributed by atoms with Gasteiger partial charge in [0.05, 0.1) is 24.2 Å². The van der Waals surface area contributed by atoms with E-state index in [0.717, 1.165) is 44.9 Å². The Kier molecular flexibility index (Phi) is 3.73. The number of hydrogen-bond acceptors (Lipinski definition) is 5. The second-order valence-corrected chi connectivity index (χ2v) is 11.0. The molecular weight excluding hydrogens is 356 g/mol. The molecule has 0 aromatic carbocycles. The van der Waals surface area contributed by atoms with E-state index in [1.807, 2.05) is 0 Å². The Hall–Kier alpha value is -1.10. The molecule has 0 amide bonds. The molecule has 0 unspecified atom stereocenters. The zero-order chi connectivity index (χ0) is 20.1. The quantitative estimate of drug-likeness (QED) is 0.529. The molecule has 1 aliphatic heterocycles. The Labute approximate surface area is 167 Å². The highest BCUT2D eigenvalue weighted by Gasteiger charge is 2.81. The molecule has 5 aliphatic rings. The van der Waals surface area contributed by atoms with Crippen molar-refractivity contribution < 1.29 is 23.8 Å². The van der Waals surface area contributed by atoms with Crippen molar-refractivity contribution in [1.29, 1.82) is 0 Å². The van der Waals surface area contributed by atoms with Gasteiger partial charge in [0.2, 0.25) is 0 Å². The number of ether oxygens (including phenoxy) is 3. The average Bonchev–Trinajstić information content (AvgIpc) is 3.29. The van der Waals surface area contributed by atoms with Crippen LogP contribution in [0.1, 0.15) is 72.6 Å². The van der Waals surface area contributed by atoms with Gasteiger partial charge in [0, 0.05) is 18.3 Å². The van der Waals surface area contributed by atoms with Crippen LogP contribution in [0.15, 0.2) is 0 Å². The zero-order valence-corrected chi connectivity index (χ0v) is 17.9. The Balaban J connectivity index is 1.56. The molecule has 0 aromatic rings. The van der Waals surface area contributed by atoms with Gasteiger partial charge in [0.25, 0.3) is 0 Å². The molecule has 5 nitrogen and oxygen atoms in total. The van der Waals surface area contributed by atoms with Crippen LogP contribution in [0.4, 0.5) is 0 Å². The standard InChI is InChI=1S/C23H34O5/c1-13(24)27-15-11-17-20(2)8-6-9-21(3,19(25)26-5)16(20)7-10-23(17)12-14(15)22(4)18(23)28-22/h14-18H,6-12H2,1-5H3/t14-,15+,16+,17+,18+,20-,21-,22+,23-/m1/s1. The van der Waals surface area contributed by atoms with Gasteiger partial charge in [-0.1, -0.05) is 13.3 Å². The van der Waals surface area contributed by atoms with E-state index in [1.54, 1.807) is 0 Å². The Bertz CT molecular complexity index is 735. The van der Waals surface area contributed by atoms with E-state index in [-0.39, 0.29) is 34.5 Å². The van der Waals surface area contributed by atoms with Crippen molar-refractivity contribution in [3.05, 3.63) is 0 Å². The van der Waals surface area contributed by atoms with Crippen LogP contribution in [0.5, 0.6) is 0 Å². The van der Waals surface area contributed by atoms with E-state index in [9.17, 15) is 9.59 Å². The highest BCUT2D eigenvalue weighted by atomic mass is 16.6. The molecule has 4 saturated carbocycles. The van der Waals surface area contributed by atoms with E-state index in [2.05, 4.69) is 20.8 Å². The summed E-state index contributed by atoms with van der Waals surface area (Å²) in [7, 11) is 1.52. The number of hydrogen-bond donors (Lipinski definition) is 0. The number of fused-ring (bicyclic) bond motifs is 5. The smallest absolute Gasteiger partial charge is 0.311 e. The lowest BCUT2D eigenvalue weighted by atomic mass is 9.40. The summed E-state index contributed by atoms with van der Waals surface area (Å²) in [5.74, 6) is 0.817. The summed E-state index contributed by atoms with van der Waals surface area (Å²) in [5.41, 5.74) is -0.294. The van der Waals surface area contributed by atoms with Crippen LogP contribution in [0.25, 0.3) is 0 Å². The second kappa shape index (κ2) is 5.53. The lowest BCUT2D eigenvalue weighted by molar-refractivity contribution is -0.204. The molecule has 4 aliphatic carbocycles. The van der Waals surface area contributed by atoms with Crippen LogP contribution in [0, 0.1) is 34.0 Å². The minimum Gasteiger partial charge on any atom is -0.469 e. The van der Waals surface area contributed by atoms with Crippen molar-refractivity contribution in [2.45, 2.75) is 90.4 Å². The third kappa shape index (κ3) is 2.07. The van der Waals surface area contributed by atoms with E-state index in [4.69, 9.17) is 14.2 Å². The normalized spacial score (nSPS) is 56.1. The van der Waals surface area contributed by atoms with Gasteiger partial charge >= 0.3 is 11.9 Å². The van der Waals surface area contributed by atoms with Gasteiger partial charge in [-0.2, -0.15) is 0 Å². The SMILES string of the molecule is COC(=O)[C@]1(C)CCC[C@@]2(C)[C@@H]3C[C@H](OC(C)=O)[C@H]4C[C@@]3(CC[C@@H]21)[C@H]1O[C@@]41C. The lowest BCUT2D eigenvalue weighted by Crippen LogP contribution is -2.61. The number of rotatable bonds is 2. The summed E-state index contributed by atoms with van der Waals surface area (Å²) in [6, 6.07) is 0. The second-order valence-electron chi connectivity index (χ2n) is 11.0. The predicted molar refractivity (Wildman–Crippen MR) is 102 cm³/mol. The Morgan fingerprint density at radius 3 is 2.50 bits per heavy atom. The number of carbonyl (C=O) groups is 2. The first-order chi connectivity index (χ1) is 13.1.